The first-order chi connectivity index (χ1) is 20.3. The Morgan fingerprint density at radius 2 is 1.90 bits per heavy atom. The van der Waals surface area contributed by atoms with Crippen molar-refractivity contribution in [3.63, 3.8) is 0 Å². The van der Waals surface area contributed by atoms with E-state index < -0.39 is 16.8 Å². The molecule has 9 nitrogen and oxygen atoms in total. The molecule has 2 atom stereocenters. The SMILES string of the molecule is COc1ccc(F)cc1-c1cc(=O)n(C[C@]2(O)CCN(C(=O)N3CCNC[C@H]3c3ccccc3)CC23CCCC3)cn1. The first-order valence-corrected chi connectivity index (χ1v) is 14.8. The number of rotatable bonds is 5. The van der Waals surface area contributed by atoms with Gasteiger partial charge in [0.05, 0.1) is 37.3 Å². The minimum atomic E-state index is -1.17. The Labute approximate surface area is 244 Å². The number of hydrogen-bond donors (Lipinski definition) is 2. The number of amides is 2. The zero-order valence-corrected chi connectivity index (χ0v) is 24.0. The van der Waals surface area contributed by atoms with Crippen LogP contribution in [-0.2, 0) is 6.54 Å². The maximum atomic E-state index is 14.0. The van der Waals surface area contributed by atoms with E-state index in [1.54, 1.807) is 0 Å². The number of methoxy groups -OCH3 is 1. The van der Waals surface area contributed by atoms with E-state index in [4.69, 9.17) is 4.74 Å². The Hall–Kier alpha value is -3.76. The summed E-state index contributed by atoms with van der Waals surface area (Å²) in [7, 11) is 1.48. The van der Waals surface area contributed by atoms with Gasteiger partial charge in [0.1, 0.15) is 11.6 Å². The number of aliphatic hydroxyl groups is 1. The normalized spacial score (nSPS) is 23.7. The fraction of sp³-hybridized carbons (Fsp3) is 0.469. The van der Waals surface area contributed by atoms with Crippen LogP contribution in [0.25, 0.3) is 11.3 Å². The number of urea groups is 1. The van der Waals surface area contributed by atoms with E-state index in [0.29, 0.717) is 49.6 Å². The maximum absolute atomic E-state index is 14.0. The smallest absolute Gasteiger partial charge is 0.320 e. The average Bonchev–Trinajstić information content (AvgIpc) is 3.50. The van der Waals surface area contributed by atoms with Crippen LogP contribution in [0.5, 0.6) is 5.75 Å². The Bertz CT molecular complexity index is 1490. The van der Waals surface area contributed by atoms with Gasteiger partial charge < -0.3 is 25.0 Å². The second kappa shape index (κ2) is 11.5. The largest absolute Gasteiger partial charge is 0.496 e. The van der Waals surface area contributed by atoms with Gasteiger partial charge in [-0.2, -0.15) is 0 Å². The molecule has 3 fully saturated rings. The predicted molar refractivity (Wildman–Crippen MR) is 157 cm³/mol. The molecule has 1 aliphatic carbocycles. The summed E-state index contributed by atoms with van der Waals surface area (Å²) < 4.78 is 20.7. The van der Waals surface area contributed by atoms with Crippen LogP contribution in [0.15, 0.2) is 65.7 Å². The summed E-state index contributed by atoms with van der Waals surface area (Å²) in [5, 5.41) is 15.6. The zero-order chi connectivity index (χ0) is 29.3. The van der Waals surface area contributed by atoms with E-state index in [1.165, 1.54) is 42.3 Å². The number of ether oxygens (including phenoxy) is 1. The van der Waals surface area contributed by atoms with Crippen molar-refractivity contribution in [1.29, 1.82) is 0 Å². The number of benzene rings is 2. The van der Waals surface area contributed by atoms with Crippen molar-refractivity contribution in [2.45, 2.75) is 50.3 Å². The summed E-state index contributed by atoms with van der Waals surface area (Å²) in [5.41, 5.74) is -0.222. The number of aromatic nitrogens is 2. The van der Waals surface area contributed by atoms with Crippen molar-refractivity contribution in [3.05, 3.63) is 82.7 Å². The number of piperidine rings is 1. The number of hydrogen-bond acceptors (Lipinski definition) is 6. The molecule has 0 bridgehead atoms. The van der Waals surface area contributed by atoms with Crippen molar-refractivity contribution >= 4 is 6.03 Å². The number of carbonyl (C=O) groups excluding carboxylic acids is 1. The number of carbonyl (C=O) groups is 1. The molecule has 1 aromatic heterocycles. The fourth-order valence-corrected chi connectivity index (χ4v) is 7.20. The molecule has 3 aromatic rings. The van der Waals surface area contributed by atoms with Crippen LogP contribution >= 0.6 is 0 Å². The Morgan fingerprint density at radius 3 is 2.64 bits per heavy atom. The minimum absolute atomic E-state index is 0.00547. The molecule has 2 N–H and O–H groups in total. The first-order valence-electron chi connectivity index (χ1n) is 14.8. The lowest BCUT2D eigenvalue weighted by Crippen LogP contribution is -2.64. The number of piperazine rings is 1. The third-order valence-corrected chi connectivity index (χ3v) is 9.53. The van der Waals surface area contributed by atoms with Crippen LogP contribution < -0.4 is 15.6 Å². The molecule has 1 spiro atoms. The van der Waals surface area contributed by atoms with Crippen molar-refractivity contribution < 1.29 is 19.0 Å². The van der Waals surface area contributed by atoms with Crippen molar-refractivity contribution in [2.75, 3.05) is 39.8 Å². The average molecular weight is 576 g/mol. The Morgan fingerprint density at radius 1 is 1.12 bits per heavy atom. The Kier molecular flexibility index (Phi) is 7.76. The lowest BCUT2D eigenvalue weighted by molar-refractivity contribution is -0.137. The van der Waals surface area contributed by atoms with Crippen LogP contribution in [0.1, 0.15) is 43.7 Å². The maximum Gasteiger partial charge on any atom is 0.320 e. The third kappa shape index (κ3) is 5.18. The highest BCUT2D eigenvalue weighted by Crippen LogP contribution is 2.52. The molecule has 0 radical (unpaired) electrons. The molecule has 222 valence electrons. The number of likely N-dealkylation sites (tertiary alicyclic amines) is 1. The molecule has 6 rings (SSSR count). The van der Waals surface area contributed by atoms with Gasteiger partial charge in [-0.15, -0.1) is 0 Å². The Balaban J connectivity index is 1.23. The van der Waals surface area contributed by atoms with Crippen LogP contribution in [-0.4, -0.2) is 75.9 Å². The van der Waals surface area contributed by atoms with Crippen LogP contribution in [0.2, 0.25) is 0 Å². The van der Waals surface area contributed by atoms with Gasteiger partial charge in [-0.3, -0.25) is 9.36 Å². The molecule has 2 aliphatic heterocycles. The second-order valence-corrected chi connectivity index (χ2v) is 11.9. The fourth-order valence-electron chi connectivity index (χ4n) is 7.20. The molecule has 2 aromatic carbocycles. The van der Waals surface area contributed by atoms with Gasteiger partial charge in [0.2, 0.25) is 0 Å². The van der Waals surface area contributed by atoms with Crippen molar-refractivity contribution in [2.24, 2.45) is 5.41 Å². The standard InChI is InChI=1S/C32H38FN5O4/c1-42-28-10-9-24(33)17-25(28)26-18-29(39)37(22-35-26)21-32(41)13-15-36(20-31(32)11-5-6-12-31)30(40)38-16-14-34-19-27(38)23-7-3-2-4-8-23/h2-4,7-10,17-18,22,27,34,41H,5-6,11-16,19-21H2,1H3/t27-,32+/m0/s1. The topological polar surface area (TPSA) is 99.9 Å². The highest BCUT2D eigenvalue weighted by atomic mass is 19.1. The molecule has 42 heavy (non-hydrogen) atoms. The number of nitrogens with one attached hydrogen (secondary N) is 1. The summed E-state index contributed by atoms with van der Waals surface area (Å²) in [6.07, 6.45) is 5.31. The number of nitrogens with zero attached hydrogens (tertiary/aromatic N) is 4. The van der Waals surface area contributed by atoms with Gasteiger partial charge >= 0.3 is 6.03 Å². The molecule has 2 amide bonds. The quantitative estimate of drug-likeness (QED) is 0.480. The van der Waals surface area contributed by atoms with E-state index in [-0.39, 0.29) is 24.2 Å². The second-order valence-electron chi connectivity index (χ2n) is 11.9. The van der Waals surface area contributed by atoms with Crippen LogP contribution in [0, 0.1) is 11.2 Å². The molecular formula is C32H38FN5O4. The van der Waals surface area contributed by atoms with Crippen molar-refractivity contribution in [1.82, 2.24) is 24.7 Å². The highest BCUT2D eigenvalue weighted by molar-refractivity contribution is 5.75. The van der Waals surface area contributed by atoms with E-state index >= 15 is 0 Å². The molecule has 3 aliphatic rings. The summed E-state index contributed by atoms with van der Waals surface area (Å²) in [5.74, 6) is -0.0351. The summed E-state index contributed by atoms with van der Waals surface area (Å²) in [6.45, 7) is 3.01. The number of halogens is 1. The molecule has 2 saturated heterocycles. The van der Waals surface area contributed by atoms with E-state index in [1.807, 2.05) is 28.0 Å². The van der Waals surface area contributed by atoms with Crippen molar-refractivity contribution in [3.8, 4) is 17.0 Å². The lowest BCUT2D eigenvalue weighted by atomic mass is 9.66. The van der Waals surface area contributed by atoms with Crippen LogP contribution in [0.4, 0.5) is 9.18 Å². The highest BCUT2D eigenvalue weighted by Gasteiger charge is 2.56. The molecule has 10 heteroatoms. The molecule has 3 heterocycles. The van der Waals surface area contributed by atoms with Gasteiger partial charge in [0.15, 0.2) is 0 Å². The summed E-state index contributed by atoms with van der Waals surface area (Å²) in [6, 6.07) is 15.5. The van der Waals surface area contributed by atoms with Gasteiger partial charge in [-0.05, 0) is 43.0 Å². The van der Waals surface area contributed by atoms with E-state index in [9.17, 15) is 19.1 Å². The van der Waals surface area contributed by atoms with E-state index in [2.05, 4.69) is 22.4 Å². The lowest BCUT2D eigenvalue weighted by Gasteiger charge is -2.53. The zero-order valence-electron chi connectivity index (χ0n) is 24.0. The van der Waals surface area contributed by atoms with E-state index in [0.717, 1.165) is 37.8 Å². The van der Waals surface area contributed by atoms with Gasteiger partial charge in [-0.25, -0.2) is 14.2 Å². The predicted octanol–water partition coefficient (Wildman–Crippen LogP) is 3.82. The molecular weight excluding hydrogens is 537 g/mol. The monoisotopic (exact) mass is 575 g/mol. The third-order valence-electron chi connectivity index (χ3n) is 9.53. The first kappa shape index (κ1) is 28.4. The summed E-state index contributed by atoms with van der Waals surface area (Å²) >= 11 is 0. The summed E-state index contributed by atoms with van der Waals surface area (Å²) in [4.78, 5) is 35.6. The molecule has 1 saturated carbocycles. The molecule has 0 unspecified atom stereocenters. The minimum Gasteiger partial charge on any atom is -0.496 e. The van der Waals surface area contributed by atoms with Crippen LogP contribution in [0.3, 0.4) is 0 Å². The van der Waals surface area contributed by atoms with Gasteiger partial charge in [-0.1, -0.05) is 43.2 Å². The van der Waals surface area contributed by atoms with Gasteiger partial charge in [0.25, 0.3) is 5.56 Å². The van der Waals surface area contributed by atoms with Gasteiger partial charge in [0, 0.05) is 49.8 Å².